The molecule has 1 unspecified atom stereocenters. The summed E-state index contributed by atoms with van der Waals surface area (Å²) in [6.45, 7) is 0.568. The van der Waals surface area contributed by atoms with Gasteiger partial charge in [-0.15, -0.1) is 0 Å². The van der Waals surface area contributed by atoms with Crippen LogP contribution in [0.2, 0.25) is 5.02 Å². The molecule has 0 aliphatic heterocycles. The molecule has 2 rings (SSSR count). The van der Waals surface area contributed by atoms with Gasteiger partial charge >= 0.3 is 0 Å². The van der Waals surface area contributed by atoms with E-state index in [1.54, 1.807) is 6.07 Å². The van der Waals surface area contributed by atoms with Crippen LogP contribution < -0.4 is 11.1 Å². The monoisotopic (exact) mass is 256 g/mol. The summed E-state index contributed by atoms with van der Waals surface area (Å²) in [6, 6.07) is 4.72. The third kappa shape index (κ3) is 3.33. The first-order valence-electron chi connectivity index (χ1n) is 6.12. The second-order valence-corrected chi connectivity index (χ2v) is 5.13. The molecule has 0 amide bonds. The number of hydrogen-bond donors (Lipinski definition) is 2. The largest absolute Gasteiger partial charge is 0.381 e. The van der Waals surface area contributed by atoms with E-state index in [-0.39, 0.29) is 11.9 Å². The van der Waals surface area contributed by atoms with E-state index in [9.17, 15) is 4.39 Å². The summed E-state index contributed by atoms with van der Waals surface area (Å²) < 4.78 is 13.2. The van der Waals surface area contributed by atoms with Crippen molar-refractivity contribution in [3.8, 4) is 0 Å². The number of rotatable bonds is 4. The molecule has 0 bridgehead atoms. The third-order valence-corrected chi connectivity index (χ3v) is 3.66. The Balaban J connectivity index is 2.06. The van der Waals surface area contributed by atoms with Crippen LogP contribution in [-0.4, -0.2) is 12.6 Å². The van der Waals surface area contributed by atoms with Crippen LogP contribution in [0.25, 0.3) is 0 Å². The van der Waals surface area contributed by atoms with Crippen molar-refractivity contribution in [3.63, 3.8) is 0 Å². The first-order chi connectivity index (χ1) is 8.19. The molecule has 3 N–H and O–H groups in total. The summed E-state index contributed by atoms with van der Waals surface area (Å²) in [4.78, 5) is 0. The van der Waals surface area contributed by atoms with Gasteiger partial charge in [0, 0.05) is 23.3 Å². The highest BCUT2D eigenvalue weighted by Gasteiger charge is 2.23. The molecule has 4 heteroatoms. The zero-order valence-corrected chi connectivity index (χ0v) is 10.5. The van der Waals surface area contributed by atoms with Crippen molar-refractivity contribution in [3.05, 3.63) is 29.0 Å². The molecular weight excluding hydrogens is 239 g/mol. The van der Waals surface area contributed by atoms with E-state index < -0.39 is 0 Å². The van der Waals surface area contributed by atoms with E-state index in [0.717, 1.165) is 5.69 Å². The number of halogens is 2. The van der Waals surface area contributed by atoms with Gasteiger partial charge in [-0.3, -0.25) is 0 Å². The fraction of sp³-hybridized carbons (Fsp3) is 0.538. The summed E-state index contributed by atoms with van der Waals surface area (Å²) in [5.74, 6) is 0.282. The Labute approximate surface area is 106 Å². The van der Waals surface area contributed by atoms with Crippen LogP contribution in [0.3, 0.4) is 0 Å². The van der Waals surface area contributed by atoms with E-state index in [0.29, 0.717) is 17.5 Å². The minimum Gasteiger partial charge on any atom is -0.381 e. The van der Waals surface area contributed by atoms with Gasteiger partial charge in [-0.05, 0) is 37.0 Å². The van der Waals surface area contributed by atoms with E-state index in [2.05, 4.69) is 5.32 Å². The van der Waals surface area contributed by atoms with Crippen molar-refractivity contribution in [2.75, 3.05) is 11.9 Å². The second-order valence-electron chi connectivity index (χ2n) is 4.69. The maximum absolute atomic E-state index is 13.2. The van der Waals surface area contributed by atoms with E-state index in [1.807, 2.05) is 0 Å². The van der Waals surface area contributed by atoms with Crippen LogP contribution in [0.15, 0.2) is 18.2 Å². The minimum absolute atomic E-state index is 0.218. The van der Waals surface area contributed by atoms with E-state index in [4.69, 9.17) is 17.3 Å². The van der Waals surface area contributed by atoms with Crippen LogP contribution in [0.4, 0.5) is 10.1 Å². The molecule has 1 fully saturated rings. The molecule has 1 aliphatic rings. The lowest BCUT2D eigenvalue weighted by molar-refractivity contribution is 0.462. The SMILES string of the molecule is NCC(Nc1cc(F)cc(Cl)c1)C1CCCC1. The van der Waals surface area contributed by atoms with Gasteiger partial charge in [-0.25, -0.2) is 4.39 Å². The molecule has 0 aromatic heterocycles. The molecule has 1 aromatic rings. The van der Waals surface area contributed by atoms with E-state index in [1.165, 1.54) is 37.8 Å². The predicted octanol–water partition coefficient (Wildman–Crippen LogP) is 3.41. The summed E-state index contributed by atoms with van der Waals surface area (Å²) in [7, 11) is 0. The van der Waals surface area contributed by atoms with Gasteiger partial charge in [0.25, 0.3) is 0 Å². The number of nitrogens with one attached hydrogen (secondary N) is 1. The lowest BCUT2D eigenvalue weighted by Gasteiger charge is -2.24. The first kappa shape index (κ1) is 12.7. The average molecular weight is 257 g/mol. The molecule has 1 atom stereocenters. The fourth-order valence-electron chi connectivity index (χ4n) is 2.58. The molecular formula is C13H18ClFN2. The topological polar surface area (TPSA) is 38.0 Å². The normalized spacial score (nSPS) is 18.3. The molecule has 0 saturated heterocycles. The molecule has 0 heterocycles. The van der Waals surface area contributed by atoms with Crippen molar-refractivity contribution >= 4 is 17.3 Å². The zero-order valence-electron chi connectivity index (χ0n) is 9.76. The Morgan fingerprint density at radius 3 is 2.65 bits per heavy atom. The van der Waals surface area contributed by atoms with Gasteiger partial charge in [-0.1, -0.05) is 24.4 Å². The number of benzene rings is 1. The zero-order chi connectivity index (χ0) is 12.3. The Kier molecular flexibility index (Phi) is 4.24. The third-order valence-electron chi connectivity index (χ3n) is 3.44. The number of nitrogens with two attached hydrogens (primary N) is 1. The molecule has 0 spiro atoms. The van der Waals surface area contributed by atoms with Gasteiger partial charge in [0.05, 0.1) is 0 Å². The highest BCUT2D eigenvalue weighted by atomic mass is 35.5. The molecule has 1 aliphatic carbocycles. The number of hydrogen-bond acceptors (Lipinski definition) is 2. The first-order valence-corrected chi connectivity index (χ1v) is 6.49. The van der Waals surface area contributed by atoms with Crippen LogP contribution in [0.5, 0.6) is 0 Å². The van der Waals surface area contributed by atoms with Crippen molar-refractivity contribution in [2.45, 2.75) is 31.7 Å². The van der Waals surface area contributed by atoms with Crippen molar-refractivity contribution < 1.29 is 4.39 Å². The van der Waals surface area contributed by atoms with Gasteiger partial charge in [0.15, 0.2) is 0 Å². The van der Waals surface area contributed by atoms with Crippen LogP contribution >= 0.6 is 11.6 Å². The van der Waals surface area contributed by atoms with Crippen molar-refractivity contribution in [2.24, 2.45) is 11.7 Å². The van der Waals surface area contributed by atoms with Crippen molar-refractivity contribution in [1.29, 1.82) is 0 Å². The molecule has 1 aromatic carbocycles. The summed E-state index contributed by atoms with van der Waals surface area (Å²) in [5.41, 5.74) is 6.51. The smallest absolute Gasteiger partial charge is 0.126 e. The maximum Gasteiger partial charge on any atom is 0.126 e. The molecule has 2 nitrogen and oxygen atoms in total. The van der Waals surface area contributed by atoms with Crippen LogP contribution in [0, 0.1) is 11.7 Å². The summed E-state index contributed by atoms with van der Waals surface area (Å²) >= 11 is 5.83. The van der Waals surface area contributed by atoms with Gasteiger partial charge in [0.1, 0.15) is 5.82 Å². The van der Waals surface area contributed by atoms with E-state index >= 15 is 0 Å². The highest BCUT2D eigenvalue weighted by Crippen LogP contribution is 2.29. The second kappa shape index (κ2) is 5.69. The summed E-state index contributed by atoms with van der Waals surface area (Å²) in [5, 5.41) is 3.71. The van der Waals surface area contributed by atoms with Crippen molar-refractivity contribution in [1.82, 2.24) is 0 Å². The predicted molar refractivity (Wildman–Crippen MR) is 69.8 cm³/mol. The number of anilines is 1. The highest BCUT2D eigenvalue weighted by molar-refractivity contribution is 6.30. The minimum atomic E-state index is -0.317. The van der Waals surface area contributed by atoms with Gasteiger partial charge < -0.3 is 11.1 Å². The lowest BCUT2D eigenvalue weighted by Crippen LogP contribution is -2.35. The Bertz CT molecular complexity index is 357. The van der Waals surface area contributed by atoms with Gasteiger partial charge in [-0.2, -0.15) is 0 Å². The van der Waals surface area contributed by atoms with Crippen LogP contribution in [-0.2, 0) is 0 Å². The Morgan fingerprint density at radius 2 is 2.06 bits per heavy atom. The Hall–Kier alpha value is -0.800. The summed E-state index contributed by atoms with van der Waals surface area (Å²) in [6.07, 6.45) is 4.95. The quantitative estimate of drug-likeness (QED) is 0.866. The van der Waals surface area contributed by atoms with Crippen LogP contribution in [0.1, 0.15) is 25.7 Å². The molecule has 17 heavy (non-hydrogen) atoms. The lowest BCUT2D eigenvalue weighted by atomic mass is 9.98. The average Bonchev–Trinajstić information content (AvgIpc) is 2.77. The standard InChI is InChI=1S/C13H18ClFN2/c14-10-5-11(15)7-12(6-10)17-13(8-16)9-3-1-2-4-9/h5-7,9,13,17H,1-4,8,16H2. The Morgan fingerprint density at radius 1 is 1.35 bits per heavy atom. The molecule has 1 saturated carbocycles. The fourth-order valence-corrected chi connectivity index (χ4v) is 2.80. The molecule has 0 radical (unpaired) electrons. The maximum atomic E-state index is 13.2. The molecule has 94 valence electrons. The van der Waals surface area contributed by atoms with Gasteiger partial charge in [0.2, 0.25) is 0 Å².